The molecule has 0 aliphatic heterocycles. The summed E-state index contributed by atoms with van der Waals surface area (Å²) in [6, 6.07) is 0. The fourth-order valence-corrected chi connectivity index (χ4v) is 5.90. The topological polar surface area (TPSA) is 111 Å². The third-order valence-corrected chi connectivity index (χ3v) is 9.33. The van der Waals surface area contributed by atoms with Gasteiger partial charge in [0.15, 0.2) is 6.10 Å². The van der Waals surface area contributed by atoms with E-state index in [1.54, 1.807) is 0 Å². The van der Waals surface area contributed by atoms with Gasteiger partial charge in [-0.3, -0.25) is 14.2 Å². The molecule has 9 nitrogen and oxygen atoms in total. The normalized spacial score (nSPS) is 14.2. The van der Waals surface area contributed by atoms with Crippen LogP contribution in [0.3, 0.4) is 0 Å². The Balaban J connectivity index is 4.48. The largest absolute Gasteiger partial charge is 0.756 e. The maximum atomic E-state index is 12.6. The lowest BCUT2D eigenvalue weighted by Crippen LogP contribution is -2.37. The van der Waals surface area contributed by atoms with Crippen LogP contribution in [-0.4, -0.2) is 70.0 Å². The Kier molecular flexibility index (Phi) is 33.4. The van der Waals surface area contributed by atoms with Crippen molar-refractivity contribution < 1.29 is 42.1 Å². The monoisotopic (exact) mass is 754 g/mol. The summed E-state index contributed by atoms with van der Waals surface area (Å²) in [5.41, 5.74) is 0. The first-order chi connectivity index (χ1) is 25.0. The number of allylic oxidation sites excluding steroid dienone is 8. The fourth-order valence-electron chi connectivity index (χ4n) is 5.17. The number of carbonyl (C=O) groups is 2. The number of phosphoric acid groups is 1. The quantitative estimate of drug-likeness (QED) is 0.0204. The third-order valence-electron chi connectivity index (χ3n) is 8.36. The maximum absolute atomic E-state index is 12.6. The van der Waals surface area contributed by atoms with E-state index in [4.69, 9.17) is 18.5 Å². The van der Waals surface area contributed by atoms with Gasteiger partial charge in [-0.25, -0.2) is 0 Å². The number of unbranched alkanes of at least 4 members (excludes halogenated alkanes) is 14. The Morgan fingerprint density at radius 1 is 0.615 bits per heavy atom. The molecule has 2 atom stereocenters. The van der Waals surface area contributed by atoms with Crippen LogP contribution in [-0.2, 0) is 32.7 Å². The van der Waals surface area contributed by atoms with Gasteiger partial charge in [0, 0.05) is 12.8 Å². The van der Waals surface area contributed by atoms with E-state index in [1.807, 2.05) is 21.1 Å². The van der Waals surface area contributed by atoms with Crippen LogP contribution < -0.4 is 4.89 Å². The van der Waals surface area contributed by atoms with Crippen molar-refractivity contribution in [2.45, 2.75) is 161 Å². The van der Waals surface area contributed by atoms with Crippen LogP contribution >= 0.6 is 7.82 Å². The molecule has 0 fully saturated rings. The number of ether oxygens (including phenoxy) is 2. The summed E-state index contributed by atoms with van der Waals surface area (Å²) in [6.45, 7) is 4.05. The van der Waals surface area contributed by atoms with Gasteiger partial charge in [-0.05, 0) is 51.4 Å². The van der Waals surface area contributed by atoms with E-state index >= 15 is 0 Å². The molecule has 1 unspecified atom stereocenters. The number of hydrogen-bond donors (Lipinski definition) is 0. The van der Waals surface area contributed by atoms with Gasteiger partial charge < -0.3 is 27.9 Å². The minimum Gasteiger partial charge on any atom is -0.756 e. The second-order valence-electron chi connectivity index (χ2n) is 14.6. The summed E-state index contributed by atoms with van der Waals surface area (Å²) < 4.78 is 33.8. The van der Waals surface area contributed by atoms with Crippen LogP contribution in [0.2, 0.25) is 0 Å². The summed E-state index contributed by atoms with van der Waals surface area (Å²) in [5.74, 6) is -0.885. The first kappa shape index (κ1) is 50.0. The molecule has 0 aliphatic carbocycles. The van der Waals surface area contributed by atoms with Gasteiger partial charge in [0.25, 0.3) is 7.82 Å². The van der Waals surface area contributed by atoms with E-state index in [2.05, 4.69) is 62.5 Å². The molecular weight excluding hydrogens is 677 g/mol. The van der Waals surface area contributed by atoms with Gasteiger partial charge in [-0.2, -0.15) is 0 Å². The van der Waals surface area contributed by atoms with Crippen molar-refractivity contribution in [3.05, 3.63) is 48.6 Å². The standard InChI is InChI=1S/C42H76NO8P/c1-6-8-10-12-14-16-18-20-21-23-24-26-28-30-32-34-41(44)48-38-40(39-50-52(46,47)49-37-36-43(3,4)5)51-42(45)35-33-31-29-27-25-22-19-17-15-13-11-9-7-2/h8,10,14,16,20-21,24,26,40H,6-7,9,11-13,15,17-19,22-23,25,27-39H2,1-5H3/b10-8-,16-14-,21-20-,26-24-/t40-/m1/s1. The summed E-state index contributed by atoms with van der Waals surface area (Å²) in [4.78, 5) is 37.4. The number of hydrogen-bond acceptors (Lipinski definition) is 8. The molecule has 302 valence electrons. The van der Waals surface area contributed by atoms with E-state index in [1.165, 1.54) is 57.8 Å². The minimum atomic E-state index is -4.63. The van der Waals surface area contributed by atoms with E-state index in [0.717, 1.165) is 57.8 Å². The zero-order chi connectivity index (χ0) is 38.6. The third kappa shape index (κ3) is 37.7. The lowest BCUT2D eigenvalue weighted by Gasteiger charge is -2.28. The van der Waals surface area contributed by atoms with Crippen LogP contribution in [0.1, 0.15) is 155 Å². The molecule has 0 bridgehead atoms. The Morgan fingerprint density at radius 3 is 1.63 bits per heavy atom. The number of carbonyl (C=O) groups excluding carboxylic acids is 2. The van der Waals surface area contributed by atoms with Crippen LogP contribution in [0.25, 0.3) is 0 Å². The maximum Gasteiger partial charge on any atom is 0.306 e. The second kappa shape index (κ2) is 34.7. The van der Waals surface area contributed by atoms with Crippen molar-refractivity contribution >= 4 is 19.8 Å². The molecule has 0 aliphatic rings. The highest BCUT2D eigenvalue weighted by molar-refractivity contribution is 7.45. The highest BCUT2D eigenvalue weighted by Crippen LogP contribution is 2.38. The summed E-state index contributed by atoms with van der Waals surface area (Å²) in [5, 5.41) is 0. The molecule has 0 N–H and O–H groups in total. The summed E-state index contributed by atoms with van der Waals surface area (Å²) in [7, 11) is 1.14. The summed E-state index contributed by atoms with van der Waals surface area (Å²) in [6.07, 6.45) is 38.5. The van der Waals surface area contributed by atoms with Crippen molar-refractivity contribution in [3.8, 4) is 0 Å². The molecule has 0 heterocycles. The highest BCUT2D eigenvalue weighted by atomic mass is 31.2. The van der Waals surface area contributed by atoms with E-state index in [9.17, 15) is 19.0 Å². The molecular formula is C42H76NO8P. The molecule has 0 saturated heterocycles. The predicted molar refractivity (Wildman–Crippen MR) is 213 cm³/mol. The van der Waals surface area contributed by atoms with Gasteiger partial charge in [-0.15, -0.1) is 0 Å². The second-order valence-corrected chi connectivity index (χ2v) is 16.0. The Hall–Kier alpha value is -2.03. The highest BCUT2D eigenvalue weighted by Gasteiger charge is 2.21. The number of quaternary nitrogens is 1. The Bertz CT molecular complexity index is 1030. The van der Waals surface area contributed by atoms with Crippen molar-refractivity contribution in [1.82, 2.24) is 0 Å². The first-order valence-corrected chi connectivity index (χ1v) is 21.8. The van der Waals surface area contributed by atoms with Gasteiger partial charge in [-0.1, -0.05) is 140 Å². The average Bonchev–Trinajstić information content (AvgIpc) is 3.09. The zero-order valence-corrected chi connectivity index (χ0v) is 34.6. The number of rotatable bonds is 36. The molecule has 0 rings (SSSR count). The molecule has 0 radical (unpaired) electrons. The molecule has 10 heteroatoms. The summed E-state index contributed by atoms with van der Waals surface area (Å²) >= 11 is 0. The van der Waals surface area contributed by atoms with E-state index < -0.39 is 32.5 Å². The van der Waals surface area contributed by atoms with Crippen molar-refractivity contribution in [3.63, 3.8) is 0 Å². The van der Waals surface area contributed by atoms with Crippen LogP contribution in [0, 0.1) is 0 Å². The van der Waals surface area contributed by atoms with Crippen LogP contribution in [0.5, 0.6) is 0 Å². The predicted octanol–water partition coefficient (Wildman–Crippen LogP) is 10.5. The first-order valence-electron chi connectivity index (χ1n) is 20.3. The number of esters is 2. The number of likely N-dealkylation sites (N-methyl/N-ethyl adjacent to an activating group) is 1. The smallest absolute Gasteiger partial charge is 0.306 e. The minimum absolute atomic E-state index is 0.0380. The van der Waals surface area contributed by atoms with Crippen LogP contribution in [0.15, 0.2) is 48.6 Å². The van der Waals surface area contributed by atoms with Crippen molar-refractivity contribution in [2.24, 2.45) is 0 Å². The van der Waals surface area contributed by atoms with Gasteiger partial charge >= 0.3 is 11.9 Å². The van der Waals surface area contributed by atoms with Gasteiger partial charge in [0.2, 0.25) is 0 Å². The average molecular weight is 754 g/mol. The van der Waals surface area contributed by atoms with Gasteiger partial charge in [0.1, 0.15) is 19.8 Å². The zero-order valence-electron chi connectivity index (χ0n) is 33.7. The molecule has 0 aromatic rings. The van der Waals surface area contributed by atoms with E-state index in [-0.39, 0.29) is 26.1 Å². The van der Waals surface area contributed by atoms with Gasteiger partial charge in [0.05, 0.1) is 27.7 Å². The van der Waals surface area contributed by atoms with Crippen LogP contribution in [0.4, 0.5) is 0 Å². The number of phosphoric ester groups is 1. The fraction of sp³-hybridized carbons (Fsp3) is 0.762. The molecule has 0 spiro atoms. The van der Waals surface area contributed by atoms with E-state index in [0.29, 0.717) is 23.9 Å². The molecule has 0 amide bonds. The SMILES string of the molecule is CC/C=C\C/C=C\C/C=C\C/C=C\CCCCC(=O)OC[C@H](COP(=O)([O-])OCC[N+](C)(C)C)OC(=O)CCCCCCCCCCCCCCC. The Morgan fingerprint density at radius 2 is 1.10 bits per heavy atom. The molecule has 52 heavy (non-hydrogen) atoms. The number of nitrogens with zero attached hydrogens (tertiary/aromatic N) is 1. The molecule has 0 saturated carbocycles. The van der Waals surface area contributed by atoms with Crippen molar-refractivity contribution in [1.29, 1.82) is 0 Å². The molecule has 0 aromatic carbocycles. The Labute approximate surface area is 318 Å². The van der Waals surface area contributed by atoms with Crippen molar-refractivity contribution in [2.75, 3.05) is 47.5 Å². The molecule has 0 aromatic heterocycles. The lowest BCUT2D eigenvalue weighted by atomic mass is 10.0. The lowest BCUT2D eigenvalue weighted by molar-refractivity contribution is -0.870.